The summed E-state index contributed by atoms with van der Waals surface area (Å²) in [5, 5.41) is 0.748. The van der Waals surface area contributed by atoms with Gasteiger partial charge in [-0.2, -0.15) is 0 Å². The molecule has 7 heteroatoms. The van der Waals surface area contributed by atoms with Crippen molar-refractivity contribution < 1.29 is 4.42 Å². The monoisotopic (exact) mass is 542 g/mol. The van der Waals surface area contributed by atoms with Crippen molar-refractivity contribution >= 4 is 65.7 Å². The molecule has 0 fully saturated rings. The van der Waals surface area contributed by atoms with Crippen LogP contribution >= 0.6 is 48.2 Å². The highest BCUT2D eigenvalue weighted by Crippen LogP contribution is 2.33. The average molecular weight is 544 g/mol. The lowest BCUT2D eigenvalue weighted by Gasteiger charge is -2.20. The number of aliphatic imine (C=N–C) groups is 1. The third-order valence-corrected chi connectivity index (χ3v) is 6.94. The van der Waals surface area contributed by atoms with E-state index in [9.17, 15) is 0 Å². The summed E-state index contributed by atoms with van der Waals surface area (Å²) in [4.78, 5) is 9.50. The van der Waals surface area contributed by atoms with Crippen LogP contribution in [-0.4, -0.2) is 25.8 Å². The van der Waals surface area contributed by atoms with Gasteiger partial charge in [0.1, 0.15) is 5.76 Å². The lowest BCUT2D eigenvalue weighted by molar-refractivity contribution is 0.582. The molecule has 180 valence electrons. The Labute approximate surface area is 227 Å². The van der Waals surface area contributed by atoms with E-state index in [0.717, 1.165) is 56.9 Å². The van der Waals surface area contributed by atoms with E-state index in [1.807, 2.05) is 36.4 Å². The van der Waals surface area contributed by atoms with E-state index in [0.29, 0.717) is 0 Å². The summed E-state index contributed by atoms with van der Waals surface area (Å²) < 4.78 is 5.61. The molecule has 0 bridgehead atoms. The van der Waals surface area contributed by atoms with E-state index < -0.39 is 0 Å². The molecule has 35 heavy (non-hydrogen) atoms. The number of fused-ring (bicyclic) bond motifs is 1. The van der Waals surface area contributed by atoms with Crippen molar-refractivity contribution in [2.75, 3.05) is 25.0 Å². The topological polar surface area (TPSA) is 28.7 Å². The van der Waals surface area contributed by atoms with Gasteiger partial charge in [-0.25, -0.2) is 0 Å². The first-order valence-corrected chi connectivity index (χ1v) is 12.0. The smallest absolute Gasteiger partial charge is 0.133 e. The number of nitrogens with zero attached hydrogens (tertiary/aromatic N) is 2. The second-order valence-corrected chi connectivity index (χ2v) is 9.38. The molecule has 0 N–H and O–H groups in total. The van der Waals surface area contributed by atoms with Gasteiger partial charge in [-0.3, -0.25) is 4.99 Å². The maximum atomic E-state index is 6.04. The summed E-state index contributed by atoms with van der Waals surface area (Å²) in [5.74, 6) is 0.873. The number of benzene rings is 3. The number of hydrogen-bond donors (Lipinski definition) is 0. The lowest BCUT2D eigenvalue weighted by Crippen LogP contribution is -2.20. The molecule has 4 aromatic rings. The number of anilines is 1. The van der Waals surface area contributed by atoms with Gasteiger partial charge in [-0.05, 0) is 60.2 Å². The van der Waals surface area contributed by atoms with Crippen molar-refractivity contribution in [3.63, 3.8) is 0 Å². The van der Waals surface area contributed by atoms with Crippen LogP contribution in [-0.2, 0) is 0 Å². The summed E-state index contributed by atoms with van der Waals surface area (Å²) in [7, 11) is 2.12. The number of likely N-dealkylation sites (N-methyl/N-ethyl adjacent to an activating group) is 1. The predicted octanol–water partition coefficient (Wildman–Crippen LogP) is 8.55. The average Bonchev–Trinajstić information content (AvgIpc) is 3.33. The minimum absolute atomic E-state index is 0. The van der Waals surface area contributed by atoms with Crippen LogP contribution in [0.2, 0.25) is 5.02 Å². The SMILES string of the molecule is CN1CCN=C(/C=C/c2ccccc2Sc2ccc(Cl)cc2)c2ccc(-c3ccco3)cc21.Cl.Cl. The molecule has 3 nitrogen and oxygen atoms in total. The zero-order valence-corrected chi connectivity index (χ0v) is 22.3. The number of rotatable bonds is 5. The Morgan fingerprint density at radius 2 is 1.74 bits per heavy atom. The zero-order valence-electron chi connectivity index (χ0n) is 19.1. The highest BCUT2D eigenvalue weighted by molar-refractivity contribution is 7.99. The first-order valence-electron chi connectivity index (χ1n) is 10.8. The van der Waals surface area contributed by atoms with Gasteiger partial charge in [-0.1, -0.05) is 59.8 Å². The van der Waals surface area contributed by atoms with Gasteiger partial charge in [0.15, 0.2) is 0 Å². The summed E-state index contributed by atoms with van der Waals surface area (Å²) in [6, 6.07) is 26.7. The highest BCUT2D eigenvalue weighted by Gasteiger charge is 2.16. The van der Waals surface area contributed by atoms with Gasteiger partial charge in [0.05, 0.1) is 18.5 Å². The fraction of sp³-hybridized carbons (Fsp3) is 0.107. The molecule has 5 rings (SSSR count). The first-order chi connectivity index (χ1) is 16.2. The Balaban J connectivity index is 0.00000171. The number of furan rings is 1. The number of allylic oxidation sites excluding steroid dienone is 1. The maximum absolute atomic E-state index is 6.04. The van der Waals surface area contributed by atoms with Crippen LogP contribution in [0, 0.1) is 0 Å². The van der Waals surface area contributed by atoms with Crippen LogP contribution in [0.3, 0.4) is 0 Å². The van der Waals surface area contributed by atoms with E-state index in [4.69, 9.17) is 21.0 Å². The van der Waals surface area contributed by atoms with Crippen LogP contribution in [0.4, 0.5) is 5.69 Å². The van der Waals surface area contributed by atoms with Crippen LogP contribution in [0.5, 0.6) is 0 Å². The molecule has 0 aliphatic carbocycles. The van der Waals surface area contributed by atoms with E-state index in [-0.39, 0.29) is 24.8 Å². The van der Waals surface area contributed by atoms with Crippen LogP contribution in [0.1, 0.15) is 11.1 Å². The van der Waals surface area contributed by atoms with Gasteiger partial charge in [0, 0.05) is 45.2 Å². The summed E-state index contributed by atoms with van der Waals surface area (Å²) in [6.45, 7) is 1.62. The zero-order chi connectivity index (χ0) is 22.6. The van der Waals surface area contributed by atoms with Crippen molar-refractivity contribution in [3.05, 3.63) is 107 Å². The minimum atomic E-state index is 0. The number of halogens is 3. The Morgan fingerprint density at radius 3 is 2.51 bits per heavy atom. The van der Waals surface area contributed by atoms with Crippen molar-refractivity contribution in [1.29, 1.82) is 0 Å². The van der Waals surface area contributed by atoms with Crippen molar-refractivity contribution in [3.8, 4) is 11.3 Å². The van der Waals surface area contributed by atoms with E-state index in [2.05, 4.69) is 66.6 Å². The summed E-state index contributed by atoms with van der Waals surface area (Å²) >= 11 is 7.77. The number of benzodiazepines with no additional fused rings is 1. The van der Waals surface area contributed by atoms with Gasteiger partial charge >= 0.3 is 0 Å². The summed E-state index contributed by atoms with van der Waals surface area (Å²) in [6.07, 6.45) is 6.00. The van der Waals surface area contributed by atoms with Crippen LogP contribution < -0.4 is 4.90 Å². The molecule has 1 aliphatic rings. The van der Waals surface area contributed by atoms with Crippen molar-refractivity contribution in [2.45, 2.75) is 9.79 Å². The standard InChI is InChI=1S/C28H23ClN2OS.2ClH/c1-31-17-16-30-25(24-14-8-21(19-26(24)31)27-6-4-18-32-27)15-9-20-5-2-3-7-28(20)33-23-12-10-22(29)11-13-23;;/h2-15,18-19H,16-17H2,1H3;2*1H/b15-9+;;. The van der Waals surface area contributed by atoms with Gasteiger partial charge in [0.2, 0.25) is 0 Å². The molecule has 2 heterocycles. The third kappa shape index (κ3) is 6.33. The van der Waals surface area contributed by atoms with Gasteiger partial charge in [0.25, 0.3) is 0 Å². The second-order valence-electron chi connectivity index (χ2n) is 7.82. The van der Waals surface area contributed by atoms with E-state index in [1.54, 1.807) is 18.0 Å². The Morgan fingerprint density at radius 1 is 0.943 bits per heavy atom. The Kier molecular flexibility index (Phi) is 9.53. The quantitative estimate of drug-likeness (QED) is 0.252. The first kappa shape index (κ1) is 27.0. The molecular formula is C28H25Cl3N2OS. The molecule has 0 unspecified atom stereocenters. The molecule has 0 saturated heterocycles. The van der Waals surface area contributed by atoms with Crippen molar-refractivity contribution in [2.24, 2.45) is 4.99 Å². The van der Waals surface area contributed by atoms with E-state index in [1.165, 1.54) is 4.90 Å². The molecule has 0 atom stereocenters. The van der Waals surface area contributed by atoms with Crippen LogP contribution in [0.15, 0.2) is 110 Å². The Hall–Kier alpha value is -2.63. The van der Waals surface area contributed by atoms with E-state index >= 15 is 0 Å². The lowest BCUT2D eigenvalue weighted by atomic mass is 10.0. The summed E-state index contributed by atoms with van der Waals surface area (Å²) in [5.41, 5.74) is 5.51. The highest BCUT2D eigenvalue weighted by atomic mass is 35.5. The molecule has 1 aromatic heterocycles. The maximum Gasteiger partial charge on any atom is 0.133 e. The molecule has 3 aromatic carbocycles. The normalized spacial score (nSPS) is 12.9. The van der Waals surface area contributed by atoms with Gasteiger partial charge < -0.3 is 9.32 Å². The molecule has 0 amide bonds. The largest absolute Gasteiger partial charge is 0.464 e. The molecule has 1 aliphatic heterocycles. The van der Waals surface area contributed by atoms with Gasteiger partial charge in [-0.15, -0.1) is 24.8 Å². The molecule has 0 spiro atoms. The van der Waals surface area contributed by atoms with Crippen LogP contribution in [0.25, 0.3) is 17.4 Å². The molecular weight excluding hydrogens is 519 g/mol. The third-order valence-electron chi connectivity index (χ3n) is 5.59. The molecule has 0 radical (unpaired) electrons. The fourth-order valence-electron chi connectivity index (χ4n) is 3.84. The Bertz CT molecular complexity index is 1320. The fourth-order valence-corrected chi connectivity index (χ4v) is 4.89. The number of hydrogen-bond acceptors (Lipinski definition) is 4. The predicted molar refractivity (Wildman–Crippen MR) is 154 cm³/mol. The minimum Gasteiger partial charge on any atom is -0.464 e. The second kappa shape index (κ2) is 12.4. The molecule has 0 saturated carbocycles. The van der Waals surface area contributed by atoms with Crippen molar-refractivity contribution in [1.82, 2.24) is 0 Å².